The SMILES string of the molecule is CCNC(C)CCCCSCCN(C)C. The van der Waals surface area contributed by atoms with E-state index in [1.807, 2.05) is 0 Å². The van der Waals surface area contributed by atoms with Crippen molar-refractivity contribution in [2.24, 2.45) is 0 Å². The van der Waals surface area contributed by atoms with E-state index in [0.717, 1.165) is 6.54 Å². The zero-order chi connectivity index (χ0) is 11.5. The minimum Gasteiger partial charge on any atom is -0.315 e. The summed E-state index contributed by atoms with van der Waals surface area (Å²) in [5.74, 6) is 2.60. The van der Waals surface area contributed by atoms with Crippen molar-refractivity contribution >= 4 is 11.8 Å². The van der Waals surface area contributed by atoms with Gasteiger partial charge in [0.05, 0.1) is 0 Å². The summed E-state index contributed by atoms with van der Waals surface area (Å²) in [7, 11) is 4.28. The fourth-order valence-electron chi connectivity index (χ4n) is 1.45. The Hall–Kier alpha value is 0.270. The van der Waals surface area contributed by atoms with Crippen LogP contribution in [-0.2, 0) is 0 Å². The van der Waals surface area contributed by atoms with Crippen LogP contribution in [0.3, 0.4) is 0 Å². The van der Waals surface area contributed by atoms with Crippen molar-refractivity contribution in [3.63, 3.8) is 0 Å². The van der Waals surface area contributed by atoms with Crippen LogP contribution in [0.2, 0.25) is 0 Å². The molecule has 0 bridgehead atoms. The Kier molecular flexibility index (Phi) is 11.0. The lowest BCUT2D eigenvalue weighted by atomic mass is 10.1. The van der Waals surface area contributed by atoms with Gasteiger partial charge in [0.15, 0.2) is 0 Å². The molecule has 0 saturated heterocycles. The average molecular weight is 232 g/mol. The van der Waals surface area contributed by atoms with Gasteiger partial charge in [0.25, 0.3) is 0 Å². The summed E-state index contributed by atoms with van der Waals surface area (Å²) in [6.07, 6.45) is 4.05. The van der Waals surface area contributed by atoms with E-state index < -0.39 is 0 Å². The third kappa shape index (κ3) is 12.2. The number of rotatable bonds is 10. The molecule has 1 unspecified atom stereocenters. The van der Waals surface area contributed by atoms with E-state index >= 15 is 0 Å². The Morgan fingerprint density at radius 2 is 1.93 bits per heavy atom. The molecule has 0 aromatic heterocycles. The number of unbranched alkanes of at least 4 members (excludes halogenated alkanes) is 1. The van der Waals surface area contributed by atoms with Crippen LogP contribution in [0.15, 0.2) is 0 Å². The van der Waals surface area contributed by atoms with Crippen LogP contribution in [0.4, 0.5) is 0 Å². The predicted molar refractivity (Wildman–Crippen MR) is 72.9 cm³/mol. The highest BCUT2D eigenvalue weighted by Crippen LogP contribution is 2.07. The number of thioether (sulfide) groups is 1. The minimum atomic E-state index is 0.696. The maximum Gasteiger partial charge on any atom is 0.00662 e. The lowest BCUT2D eigenvalue weighted by Gasteiger charge is -2.11. The van der Waals surface area contributed by atoms with Gasteiger partial charge >= 0.3 is 0 Å². The molecular formula is C12H28N2S. The quantitative estimate of drug-likeness (QED) is 0.583. The first-order valence-electron chi connectivity index (χ1n) is 6.12. The van der Waals surface area contributed by atoms with E-state index in [1.165, 1.54) is 37.3 Å². The zero-order valence-corrected chi connectivity index (χ0v) is 11.7. The predicted octanol–water partition coefficient (Wildman–Crippen LogP) is 2.45. The molecule has 0 aliphatic heterocycles. The van der Waals surface area contributed by atoms with E-state index in [9.17, 15) is 0 Å². The van der Waals surface area contributed by atoms with Crippen LogP contribution in [-0.4, -0.2) is 49.6 Å². The molecule has 0 fully saturated rings. The molecule has 0 aromatic rings. The molecule has 0 saturated carbocycles. The average Bonchev–Trinajstić information content (AvgIpc) is 2.16. The molecule has 1 N–H and O–H groups in total. The molecule has 15 heavy (non-hydrogen) atoms. The molecule has 3 heteroatoms. The van der Waals surface area contributed by atoms with E-state index in [-0.39, 0.29) is 0 Å². The van der Waals surface area contributed by atoms with Gasteiger partial charge in [-0.05, 0) is 46.2 Å². The molecule has 2 nitrogen and oxygen atoms in total. The molecule has 92 valence electrons. The third-order valence-corrected chi connectivity index (χ3v) is 3.46. The first-order valence-corrected chi connectivity index (χ1v) is 7.28. The summed E-state index contributed by atoms with van der Waals surface area (Å²) in [6.45, 7) is 6.76. The smallest absolute Gasteiger partial charge is 0.00662 e. The van der Waals surface area contributed by atoms with E-state index in [1.54, 1.807) is 0 Å². The fraction of sp³-hybridized carbons (Fsp3) is 1.00. The summed E-state index contributed by atoms with van der Waals surface area (Å²) in [6, 6.07) is 0.696. The molecular weight excluding hydrogens is 204 g/mol. The molecule has 0 amide bonds. The molecule has 0 spiro atoms. The summed E-state index contributed by atoms with van der Waals surface area (Å²) in [5.41, 5.74) is 0. The van der Waals surface area contributed by atoms with Crippen molar-refractivity contribution < 1.29 is 0 Å². The summed E-state index contributed by atoms with van der Waals surface area (Å²) < 4.78 is 0. The van der Waals surface area contributed by atoms with E-state index in [2.05, 4.69) is 49.9 Å². The molecule has 0 heterocycles. The Balaban J connectivity index is 3.04. The zero-order valence-electron chi connectivity index (χ0n) is 10.9. The second-order valence-corrected chi connectivity index (χ2v) is 5.59. The third-order valence-electron chi connectivity index (χ3n) is 2.41. The number of nitrogens with one attached hydrogen (secondary N) is 1. The van der Waals surface area contributed by atoms with E-state index in [4.69, 9.17) is 0 Å². The van der Waals surface area contributed by atoms with E-state index in [0.29, 0.717) is 6.04 Å². The van der Waals surface area contributed by atoms with Gasteiger partial charge in [0, 0.05) is 18.3 Å². The van der Waals surface area contributed by atoms with Gasteiger partial charge in [0.2, 0.25) is 0 Å². The van der Waals surface area contributed by atoms with Crippen LogP contribution in [0.1, 0.15) is 33.1 Å². The Morgan fingerprint density at radius 1 is 1.20 bits per heavy atom. The largest absolute Gasteiger partial charge is 0.315 e. The van der Waals surface area contributed by atoms with Crippen molar-refractivity contribution in [1.29, 1.82) is 0 Å². The van der Waals surface area contributed by atoms with Crippen LogP contribution in [0.5, 0.6) is 0 Å². The van der Waals surface area contributed by atoms with Gasteiger partial charge in [-0.1, -0.05) is 13.3 Å². The van der Waals surface area contributed by atoms with Crippen molar-refractivity contribution in [2.45, 2.75) is 39.2 Å². The lowest BCUT2D eigenvalue weighted by Crippen LogP contribution is -2.25. The number of hydrogen-bond acceptors (Lipinski definition) is 3. The van der Waals surface area contributed by atoms with Crippen molar-refractivity contribution in [2.75, 3.05) is 38.7 Å². The van der Waals surface area contributed by atoms with Crippen molar-refractivity contribution in [3.05, 3.63) is 0 Å². The maximum atomic E-state index is 3.45. The second-order valence-electron chi connectivity index (χ2n) is 4.37. The molecule has 0 aliphatic carbocycles. The van der Waals surface area contributed by atoms with Crippen LogP contribution >= 0.6 is 11.8 Å². The molecule has 0 radical (unpaired) electrons. The van der Waals surface area contributed by atoms with Gasteiger partial charge < -0.3 is 10.2 Å². The molecule has 0 rings (SSSR count). The monoisotopic (exact) mass is 232 g/mol. The topological polar surface area (TPSA) is 15.3 Å². The van der Waals surface area contributed by atoms with Crippen molar-refractivity contribution in [3.8, 4) is 0 Å². The van der Waals surface area contributed by atoms with Crippen LogP contribution < -0.4 is 5.32 Å². The van der Waals surface area contributed by atoms with Gasteiger partial charge in [-0.15, -0.1) is 0 Å². The molecule has 0 aromatic carbocycles. The lowest BCUT2D eigenvalue weighted by molar-refractivity contribution is 0.437. The minimum absolute atomic E-state index is 0.696. The van der Waals surface area contributed by atoms with Gasteiger partial charge in [-0.25, -0.2) is 0 Å². The fourth-order valence-corrected chi connectivity index (χ4v) is 2.56. The Morgan fingerprint density at radius 3 is 2.53 bits per heavy atom. The van der Waals surface area contributed by atoms with Crippen molar-refractivity contribution in [1.82, 2.24) is 10.2 Å². The highest BCUT2D eigenvalue weighted by Gasteiger charge is 1.98. The second kappa shape index (κ2) is 10.8. The van der Waals surface area contributed by atoms with Gasteiger partial charge in [0.1, 0.15) is 0 Å². The summed E-state index contributed by atoms with van der Waals surface area (Å²) in [4.78, 5) is 2.25. The standard InChI is InChI=1S/C12H28N2S/c1-5-13-12(2)8-6-7-10-15-11-9-14(3)4/h12-13H,5-11H2,1-4H3. The first kappa shape index (κ1) is 15.3. The normalized spacial score (nSPS) is 13.4. The van der Waals surface area contributed by atoms with Crippen LogP contribution in [0.25, 0.3) is 0 Å². The molecule has 1 atom stereocenters. The Bertz CT molecular complexity index is 129. The van der Waals surface area contributed by atoms with Crippen LogP contribution in [0, 0.1) is 0 Å². The van der Waals surface area contributed by atoms with Gasteiger partial charge in [-0.2, -0.15) is 11.8 Å². The summed E-state index contributed by atoms with van der Waals surface area (Å²) >= 11 is 2.08. The number of hydrogen-bond donors (Lipinski definition) is 1. The number of nitrogens with zero attached hydrogens (tertiary/aromatic N) is 1. The Labute approximate surface area is 100 Å². The van der Waals surface area contributed by atoms with Gasteiger partial charge in [-0.3, -0.25) is 0 Å². The molecule has 0 aliphatic rings. The first-order chi connectivity index (χ1) is 7.16. The highest BCUT2D eigenvalue weighted by molar-refractivity contribution is 7.99. The maximum absolute atomic E-state index is 3.45. The summed E-state index contributed by atoms with van der Waals surface area (Å²) in [5, 5.41) is 3.45. The highest BCUT2D eigenvalue weighted by atomic mass is 32.2.